The van der Waals surface area contributed by atoms with Crippen LogP contribution in [-0.4, -0.2) is 25.7 Å². The molecule has 2 N–H and O–H groups in total. The second kappa shape index (κ2) is 6.44. The molecule has 1 heterocycles. The average molecular weight is 358 g/mol. The summed E-state index contributed by atoms with van der Waals surface area (Å²) in [6.07, 6.45) is 2.20. The lowest BCUT2D eigenvalue weighted by Crippen LogP contribution is -2.27. The van der Waals surface area contributed by atoms with Gasteiger partial charge in [-0.1, -0.05) is 0 Å². The molecule has 1 aromatic carbocycles. The molecule has 0 spiro atoms. The zero-order valence-electron chi connectivity index (χ0n) is 15.0. The van der Waals surface area contributed by atoms with E-state index in [0.29, 0.717) is 11.6 Å². The van der Waals surface area contributed by atoms with Crippen molar-refractivity contribution in [2.45, 2.75) is 51.6 Å². The van der Waals surface area contributed by atoms with Gasteiger partial charge in [0.05, 0.1) is 10.5 Å². The third kappa shape index (κ3) is 3.68. The van der Waals surface area contributed by atoms with Gasteiger partial charge in [-0.2, -0.15) is 5.10 Å². The average Bonchev–Trinajstić information content (AvgIpc) is 3.30. The molecule has 1 aromatic heterocycles. The van der Waals surface area contributed by atoms with Gasteiger partial charge in [-0.05, 0) is 45.7 Å². The first kappa shape index (κ1) is 17.9. The predicted octanol–water partition coefficient (Wildman–Crippen LogP) is 3.06. The number of aromatic hydroxyl groups is 1. The maximum absolute atomic E-state index is 12.5. The van der Waals surface area contributed by atoms with E-state index in [9.17, 15) is 20.0 Å². The minimum atomic E-state index is -0.544. The normalized spacial score (nSPS) is 14.3. The van der Waals surface area contributed by atoms with Gasteiger partial charge in [-0.3, -0.25) is 19.6 Å². The number of nitro benzene ring substituents is 1. The Morgan fingerprint density at radius 2 is 2.08 bits per heavy atom. The molecule has 8 heteroatoms. The van der Waals surface area contributed by atoms with Crippen molar-refractivity contribution in [1.29, 1.82) is 0 Å². The number of phenolic OH excluding ortho intramolecular Hbond substituents is 1. The third-order valence-corrected chi connectivity index (χ3v) is 4.31. The molecule has 8 nitrogen and oxygen atoms in total. The van der Waals surface area contributed by atoms with Crippen molar-refractivity contribution >= 4 is 11.6 Å². The number of nitrogens with one attached hydrogen (secondary N) is 1. The van der Waals surface area contributed by atoms with Crippen molar-refractivity contribution in [1.82, 2.24) is 15.1 Å². The van der Waals surface area contributed by atoms with Gasteiger partial charge in [-0.25, -0.2) is 0 Å². The first-order valence-corrected chi connectivity index (χ1v) is 8.51. The van der Waals surface area contributed by atoms with Gasteiger partial charge in [-0.15, -0.1) is 0 Å². The molecular formula is C18H22N4O4. The van der Waals surface area contributed by atoms with Crippen LogP contribution >= 0.6 is 0 Å². The number of hydrogen-bond acceptors (Lipinski definition) is 5. The van der Waals surface area contributed by atoms with Gasteiger partial charge >= 0.3 is 0 Å². The van der Waals surface area contributed by atoms with Crippen LogP contribution in [0.5, 0.6) is 5.75 Å². The SMILES string of the molecule is CC(C)(C)n1nc(C(=O)NCc2cc([N+](=O)[O-])ccc2O)cc1C1CC1. The number of carbonyl (C=O) groups excluding carboxylic acids is 1. The van der Waals surface area contributed by atoms with Gasteiger partial charge in [0.1, 0.15) is 11.4 Å². The van der Waals surface area contributed by atoms with E-state index >= 15 is 0 Å². The fourth-order valence-electron chi connectivity index (χ4n) is 2.81. The van der Waals surface area contributed by atoms with Crippen molar-refractivity contribution in [2.75, 3.05) is 0 Å². The molecule has 1 saturated carbocycles. The van der Waals surface area contributed by atoms with Gasteiger partial charge in [0.25, 0.3) is 11.6 Å². The summed E-state index contributed by atoms with van der Waals surface area (Å²) in [5, 5.41) is 27.8. The number of nitrogens with zero attached hydrogens (tertiary/aromatic N) is 3. The number of amides is 1. The van der Waals surface area contributed by atoms with E-state index in [-0.39, 0.29) is 35.0 Å². The number of nitro groups is 1. The number of benzene rings is 1. The van der Waals surface area contributed by atoms with Crippen LogP contribution in [0.3, 0.4) is 0 Å². The van der Waals surface area contributed by atoms with E-state index in [1.165, 1.54) is 18.2 Å². The Labute approximate surface area is 151 Å². The van der Waals surface area contributed by atoms with Crippen LogP contribution in [0, 0.1) is 10.1 Å². The summed E-state index contributed by atoms with van der Waals surface area (Å²) >= 11 is 0. The van der Waals surface area contributed by atoms with Crippen LogP contribution in [0.4, 0.5) is 5.69 Å². The molecule has 0 bridgehead atoms. The van der Waals surface area contributed by atoms with E-state index < -0.39 is 4.92 Å². The number of aromatic nitrogens is 2. The van der Waals surface area contributed by atoms with E-state index in [1.807, 2.05) is 31.5 Å². The quantitative estimate of drug-likeness (QED) is 0.630. The maximum atomic E-state index is 12.5. The predicted molar refractivity (Wildman–Crippen MR) is 95.1 cm³/mol. The molecule has 0 unspecified atom stereocenters. The Bertz CT molecular complexity index is 863. The molecule has 0 aliphatic heterocycles. The van der Waals surface area contributed by atoms with E-state index in [4.69, 9.17) is 0 Å². The van der Waals surface area contributed by atoms with Crippen LogP contribution in [0.2, 0.25) is 0 Å². The van der Waals surface area contributed by atoms with Crippen LogP contribution < -0.4 is 5.32 Å². The maximum Gasteiger partial charge on any atom is 0.272 e. The van der Waals surface area contributed by atoms with Crippen molar-refractivity contribution in [3.63, 3.8) is 0 Å². The molecule has 3 rings (SSSR count). The molecule has 0 saturated heterocycles. The zero-order chi connectivity index (χ0) is 19.1. The highest BCUT2D eigenvalue weighted by Gasteiger charge is 2.32. The molecular weight excluding hydrogens is 336 g/mol. The van der Waals surface area contributed by atoms with Crippen molar-refractivity contribution < 1.29 is 14.8 Å². The Balaban J connectivity index is 1.77. The summed E-state index contributed by atoms with van der Waals surface area (Å²) in [5.74, 6) is -0.0281. The third-order valence-electron chi connectivity index (χ3n) is 4.31. The summed E-state index contributed by atoms with van der Waals surface area (Å²) in [7, 11) is 0. The molecule has 1 aliphatic carbocycles. The van der Waals surface area contributed by atoms with Gasteiger partial charge in [0.15, 0.2) is 0 Å². The molecule has 0 radical (unpaired) electrons. The van der Waals surface area contributed by atoms with E-state index in [0.717, 1.165) is 18.5 Å². The van der Waals surface area contributed by atoms with Gasteiger partial charge in [0.2, 0.25) is 0 Å². The summed E-state index contributed by atoms with van der Waals surface area (Å²) in [6, 6.07) is 5.53. The molecule has 1 aliphatic rings. The smallest absolute Gasteiger partial charge is 0.272 e. The number of carbonyl (C=O) groups is 1. The highest BCUT2D eigenvalue weighted by molar-refractivity contribution is 5.92. The molecule has 26 heavy (non-hydrogen) atoms. The molecule has 2 aromatic rings. The Morgan fingerprint density at radius 3 is 2.65 bits per heavy atom. The summed E-state index contributed by atoms with van der Waals surface area (Å²) in [4.78, 5) is 22.8. The van der Waals surface area contributed by atoms with Crippen molar-refractivity contribution in [2.24, 2.45) is 0 Å². The Morgan fingerprint density at radius 1 is 1.38 bits per heavy atom. The highest BCUT2D eigenvalue weighted by Crippen LogP contribution is 2.41. The fourth-order valence-corrected chi connectivity index (χ4v) is 2.81. The molecule has 1 amide bonds. The lowest BCUT2D eigenvalue weighted by atomic mass is 10.1. The topological polar surface area (TPSA) is 110 Å². The van der Waals surface area contributed by atoms with Gasteiger partial charge in [0, 0.05) is 35.9 Å². The van der Waals surface area contributed by atoms with Crippen LogP contribution in [0.25, 0.3) is 0 Å². The Hall–Kier alpha value is -2.90. The number of non-ortho nitro benzene ring substituents is 1. The largest absolute Gasteiger partial charge is 0.508 e. The molecule has 0 atom stereocenters. The lowest BCUT2D eigenvalue weighted by Gasteiger charge is -2.22. The number of phenols is 1. The second-order valence-corrected chi connectivity index (χ2v) is 7.56. The summed E-state index contributed by atoms with van der Waals surface area (Å²) in [5.41, 5.74) is 1.28. The minimum Gasteiger partial charge on any atom is -0.508 e. The van der Waals surface area contributed by atoms with Crippen LogP contribution in [0.1, 0.15) is 61.3 Å². The van der Waals surface area contributed by atoms with Gasteiger partial charge < -0.3 is 10.4 Å². The van der Waals surface area contributed by atoms with E-state index in [1.54, 1.807) is 0 Å². The zero-order valence-corrected chi connectivity index (χ0v) is 15.0. The summed E-state index contributed by atoms with van der Waals surface area (Å²) in [6.45, 7) is 6.09. The van der Waals surface area contributed by atoms with Crippen molar-refractivity contribution in [3.05, 3.63) is 51.3 Å². The summed E-state index contributed by atoms with van der Waals surface area (Å²) < 4.78 is 1.89. The molecule has 1 fully saturated rings. The number of rotatable bonds is 5. The number of hydrogen-bond donors (Lipinski definition) is 2. The van der Waals surface area contributed by atoms with Crippen molar-refractivity contribution in [3.8, 4) is 5.75 Å². The molecule has 138 valence electrons. The monoisotopic (exact) mass is 358 g/mol. The minimum absolute atomic E-state index is 0.0204. The van der Waals surface area contributed by atoms with Crippen LogP contribution in [-0.2, 0) is 12.1 Å². The highest BCUT2D eigenvalue weighted by atomic mass is 16.6. The first-order valence-electron chi connectivity index (χ1n) is 8.51. The second-order valence-electron chi connectivity index (χ2n) is 7.56. The first-order chi connectivity index (χ1) is 12.2. The van der Waals surface area contributed by atoms with Crippen LogP contribution in [0.15, 0.2) is 24.3 Å². The fraction of sp³-hybridized carbons (Fsp3) is 0.444. The Kier molecular flexibility index (Phi) is 4.43. The van der Waals surface area contributed by atoms with E-state index in [2.05, 4.69) is 10.4 Å². The standard InChI is InChI=1S/C18H22N4O4/c1-18(2,3)21-15(11-4-5-11)9-14(20-21)17(24)19-10-12-8-13(22(25)26)6-7-16(12)23/h6-9,11,23H,4-5,10H2,1-3H3,(H,19,24). The lowest BCUT2D eigenvalue weighted by molar-refractivity contribution is -0.384.